The number of pyridine rings is 1. The Morgan fingerprint density at radius 2 is 2.53 bits per heavy atom. The van der Waals surface area contributed by atoms with Gasteiger partial charge in [0, 0.05) is 24.5 Å². The Bertz CT molecular complexity index is 336. The number of aromatic nitrogens is 1. The molecule has 0 saturated heterocycles. The van der Waals surface area contributed by atoms with Gasteiger partial charge in [-0.2, -0.15) is 0 Å². The minimum absolute atomic E-state index is 0.0630. The minimum atomic E-state index is -0.226. The Morgan fingerprint density at radius 3 is 3.13 bits per heavy atom. The molecule has 0 saturated carbocycles. The van der Waals surface area contributed by atoms with Gasteiger partial charge in [0.15, 0.2) is 0 Å². The van der Waals surface area contributed by atoms with Crippen molar-refractivity contribution in [2.24, 2.45) is 0 Å². The molecule has 4 nitrogen and oxygen atoms in total. The number of aliphatic hydroxyl groups is 1. The average Bonchev–Trinajstić information content (AvgIpc) is 2.27. The predicted molar refractivity (Wildman–Crippen MR) is 58.0 cm³/mol. The van der Waals surface area contributed by atoms with Crippen LogP contribution in [0.4, 0.5) is 0 Å². The van der Waals surface area contributed by atoms with Crippen molar-refractivity contribution in [3.63, 3.8) is 0 Å². The number of carbonyl (C=O) groups excluding carboxylic acids is 1. The highest BCUT2D eigenvalue weighted by atomic mass is 16.3. The van der Waals surface area contributed by atoms with Crippen molar-refractivity contribution in [1.82, 2.24) is 10.3 Å². The molecule has 1 aromatic rings. The Balaban J connectivity index is 2.48. The summed E-state index contributed by atoms with van der Waals surface area (Å²) < 4.78 is 0. The van der Waals surface area contributed by atoms with Gasteiger partial charge in [-0.3, -0.25) is 9.78 Å². The van der Waals surface area contributed by atoms with Crippen molar-refractivity contribution in [1.29, 1.82) is 0 Å². The number of amides is 1. The molecule has 0 fully saturated rings. The molecule has 1 atom stereocenters. The van der Waals surface area contributed by atoms with Crippen LogP contribution in [0.1, 0.15) is 12.5 Å². The van der Waals surface area contributed by atoms with Gasteiger partial charge in [-0.05, 0) is 24.6 Å². The number of hydrogen-bond donors (Lipinski definition) is 2. The van der Waals surface area contributed by atoms with E-state index in [0.29, 0.717) is 0 Å². The molecule has 80 valence electrons. The molecule has 0 bridgehead atoms. The lowest BCUT2D eigenvalue weighted by molar-refractivity contribution is -0.117. The maximum Gasteiger partial charge on any atom is 0.244 e. The highest BCUT2D eigenvalue weighted by Gasteiger charge is 2.01. The fraction of sp³-hybridized carbons (Fsp3) is 0.273. The molecule has 0 radical (unpaired) electrons. The lowest BCUT2D eigenvalue weighted by atomic mass is 10.2. The first-order valence-corrected chi connectivity index (χ1v) is 4.72. The Morgan fingerprint density at radius 1 is 1.73 bits per heavy atom. The van der Waals surface area contributed by atoms with Gasteiger partial charge in [-0.1, -0.05) is 6.07 Å². The second-order valence-electron chi connectivity index (χ2n) is 3.21. The van der Waals surface area contributed by atoms with Gasteiger partial charge in [0.25, 0.3) is 0 Å². The van der Waals surface area contributed by atoms with E-state index in [1.807, 2.05) is 6.07 Å². The summed E-state index contributed by atoms with van der Waals surface area (Å²) in [6.07, 6.45) is 6.43. The van der Waals surface area contributed by atoms with Crippen molar-refractivity contribution in [3.05, 3.63) is 36.2 Å². The van der Waals surface area contributed by atoms with Gasteiger partial charge in [-0.25, -0.2) is 0 Å². The van der Waals surface area contributed by atoms with Crippen molar-refractivity contribution >= 4 is 12.0 Å². The summed E-state index contributed by atoms with van der Waals surface area (Å²) in [5.41, 5.74) is 0.865. The molecule has 1 rings (SSSR count). The second-order valence-corrected chi connectivity index (χ2v) is 3.21. The van der Waals surface area contributed by atoms with E-state index in [4.69, 9.17) is 5.11 Å². The summed E-state index contributed by atoms with van der Waals surface area (Å²) in [4.78, 5) is 15.2. The lowest BCUT2D eigenvalue weighted by Crippen LogP contribution is -2.33. The monoisotopic (exact) mass is 206 g/mol. The van der Waals surface area contributed by atoms with E-state index in [9.17, 15) is 4.79 Å². The van der Waals surface area contributed by atoms with E-state index in [1.165, 1.54) is 6.08 Å². The van der Waals surface area contributed by atoms with Crippen LogP contribution in [0.3, 0.4) is 0 Å². The average molecular weight is 206 g/mol. The Kier molecular flexibility index (Phi) is 4.50. The number of aliphatic hydroxyl groups excluding tert-OH is 1. The molecule has 0 aromatic carbocycles. The van der Waals surface area contributed by atoms with Crippen molar-refractivity contribution in [2.45, 2.75) is 13.0 Å². The predicted octanol–water partition coefficient (Wildman–Crippen LogP) is 0.592. The summed E-state index contributed by atoms with van der Waals surface area (Å²) in [7, 11) is 0. The number of nitrogens with zero attached hydrogens (tertiary/aromatic N) is 1. The smallest absolute Gasteiger partial charge is 0.244 e. The second kappa shape index (κ2) is 5.93. The quantitative estimate of drug-likeness (QED) is 0.709. The van der Waals surface area contributed by atoms with Gasteiger partial charge in [0.1, 0.15) is 0 Å². The maximum atomic E-state index is 11.3. The molecule has 1 aromatic heterocycles. The van der Waals surface area contributed by atoms with E-state index in [1.54, 1.807) is 31.5 Å². The highest BCUT2D eigenvalue weighted by Crippen LogP contribution is 1.97. The Hall–Kier alpha value is -1.68. The van der Waals surface area contributed by atoms with Crippen LogP contribution in [0.5, 0.6) is 0 Å². The SMILES string of the molecule is C[C@H](CO)NC(=O)C=Cc1cccnc1. The van der Waals surface area contributed by atoms with E-state index >= 15 is 0 Å². The number of nitrogens with one attached hydrogen (secondary N) is 1. The molecule has 0 unspecified atom stereocenters. The van der Waals surface area contributed by atoms with E-state index in [0.717, 1.165) is 5.56 Å². The van der Waals surface area contributed by atoms with Crippen molar-refractivity contribution in [2.75, 3.05) is 6.61 Å². The first kappa shape index (κ1) is 11.4. The molecule has 0 aliphatic heterocycles. The number of hydrogen-bond acceptors (Lipinski definition) is 3. The third-order valence-electron chi connectivity index (χ3n) is 1.77. The summed E-state index contributed by atoms with van der Waals surface area (Å²) in [5, 5.41) is 11.3. The fourth-order valence-corrected chi connectivity index (χ4v) is 0.983. The molecule has 1 amide bonds. The number of carbonyl (C=O) groups is 1. The first-order chi connectivity index (χ1) is 7.22. The summed E-state index contributed by atoms with van der Waals surface area (Å²) in [5.74, 6) is -0.222. The van der Waals surface area contributed by atoms with E-state index in [-0.39, 0.29) is 18.6 Å². The van der Waals surface area contributed by atoms with Crippen molar-refractivity contribution < 1.29 is 9.90 Å². The first-order valence-electron chi connectivity index (χ1n) is 4.72. The van der Waals surface area contributed by atoms with E-state index < -0.39 is 0 Å². The van der Waals surface area contributed by atoms with Crippen LogP contribution in [0.2, 0.25) is 0 Å². The minimum Gasteiger partial charge on any atom is -0.394 e. The molecular formula is C11H14N2O2. The normalized spacial score (nSPS) is 12.7. The van der Waals surface area contributed by atoms with Crippen LogP contribution >= 0.6 is 0 Å². The van der Waals surface area contributed by atoms with Gasteiger partial charge in [-0.15, -0.1) is 0 Å². The highest BCUT2D eigenvalue weighted by molar-refractivity contribution is 5.91. The maximum absolute atomic E-state index is 11.3. The zero-order valence-corrected chi connectivity index (χ0v) is 8.55. The summed E-state index contributed by atoms with van der Waals surface area (Å²) >= 11 is 0. The standard InChI is InChI=1S/C11H14N2O2/c1-9(8-14)13-11(15)5-4-10-3-2-6-12-7-10/h2-7,9,14H,8H2,1H3,(H,13,15)/t9-/m1/s1. The summed E-state index contributed by atoms with van der Waals surface area (Å²) in [6, 6.07) is 3.43. The molecule has 0 spiro atoms. The third kappa shape index (κ3) is 4.37. The van der Waals surface area contributed by atoms with Gasteiger partial charge >= 0.3 is 0 Å². The van der Waals surface area contributed by atoms with Crippen LogP contribution in [0.25, 0.3) is 6.08 Å². The largest absolute Gasteiger partial charge is 0.394 e. The number of rotatable bonds is 4. The molecule has 15 heavy (non-hydrogen) atoms. The zero-order chi connectivity index (χ0) is 11.1. The third-order valence-corrected chi connectivity index (χ3v) is 1.77. The fourth-order valence-electron chi connectivity index (χ4n) is 0.983. The van der Waals surface area contributed by atoms with Crippen LogP contribution in [-0.2, 0) is 4.79 Å². The molecule has 1 heterocycles. The van der Waals surface area contributed by atoms with Gasteiger partial charge in [0.05, 0.1) is 6.61 Å². The van der Waals surface area contributed by atoms with E-state index in [2.05, 4.69) is 10.3 Å². The molecule has 4 heteroatoms. The van der Waals surface area contributed by atoms with Crippen LogP contribution in [0, 0.1) is 0 Å². The molecular weight excluding hydrogens is 192 g/mol. The van der Waals surface area contributed by atoms with Gasteiger partial charge in [0.2, 0.25) is 5.91 Å². The van der Waals surface area contributed by atoms with Crippen LogP contribution in [-0.4, -0.2) is 28.6 Å². The molecule has 0 aliphatic carbocycles. The van der Waals surface area contributed by atoms with Crippen LogP contribution in [0.15, 0.2) is 30.6 Å². The molecule has 2 N–H and O–H groups in total. The molecule has 0 aliphatic rings. The van der Waals surface area contributed by atoms with Gasteiger partial charge < -0.3 is 10.4 Å². The zero-order valence-electron chi connectivity index (χ0n) is 8.55. The lowest BCUT2D eigenvalue weighted by Gasteiger charge is -2.07. The summed E-state index contributed by atoms with van der Waals surface area (Å²) in [6.45, 7) is 1.67. The topological polar surface area (TPSA) is 62.2 Å². The Labute approximate surface area is 88.7 Å². The van der Waals surface area contributed by atoms with Crippen LogP contribution < -0.4 is 5.32 Å². The van der Waals surface area contributed by atoms with Crippen molar-refractivity contribution in [3.8, 4) is 0 Å².